The summed E-state index contributed by atoms with van der Waals surface area (Å²) in [5.74, 6) is -1.02. The Morgan fingerprint density at radius 2 is 2.05 bits per heavy atom. The fourth-order valence-corrected chi connectivity index (χ4v) is 4.55. The summed E-state index contributed by atoms with van der Waals surface area (Å²) in [6.07, 6.45) is 1.48. The van der Waals surface area contributed by atoms with E-state index in [2.05, 4.69) is 20.7 Å². The Balaban J connectivity index is 3.20. The average Bonchev–Trinajstić information content (AvgIpc) is 2.29. The first-order valence-corrected chi connectivity index (χ1v) is 9.90. The van der Waals surface area contributed by atoms with Crippen molar-refractivity contribution in [2.75, 3.05) is 12.0 Å². The highest BCUT2D eigenvalue weighted by molar-refractivity contribution is 9.10. The number of sulfonamides is 1. The number of hydrogen-bond acceptors (Lipinski definition) is 4. The van der Waals surface area contributed by atoms with E-state index in [0.29, 0.717) is 10.0 Å². The topological polar surface area (TPSA) is 101 Å². The molecule has 0 aromatic heterocycles. The molecule has 1 aromatic carbocycles. The summed E-state index contributed by atoms with van der Waals surface area (Å²) in [4.78, 5) is 11.0. The van der Waals surface area contributed by atoms with E-state index >= 15 is 0 Å². The van der Waals surface area contributed by atoms with Crippen molar-refractivity contribution in [1.82, 2.24) is 4.72 Å². The Bertz CT molecular complexity index is 687. The number of benzene rings is 1. The van der Waals surface area contributed by atoms with Crippen molar-refractivity contribution in [3.63, 3.8) is 0 Å². The van der Waals surface area contributed by atoms with Gasteiger partial charge < -0.3 is 5.11 Å². The molecular formula is C12H16BrNO5S2. The minimum absolute atomic E-state index is 0.0866. The Hall–Kier alpha value is -0.770. The van der Waals surface area contributed by atoms with Crippen LogP contribution in [-0.2, 0) is 20.8 Å². The minimum Gasteiger partial charge on any atom is -0.478 e. The van der Waals surface area contributed by atoms with E-state index in [9.17, 15) is 17.4 Å². The molecule has 2 unspecified atom stereocenters. The molecule has 1 aromatic rings. The predicted molar refractivity (Wildman–Crippen MR) is 84.6 cm³/mol. The molecule has 21 heavy (non-hydrogen) atoms. The fourth-order valence-electron chi connectivity index (χ4n) is 1.75. The van der Waals surface area contributed by atoms with Crippen LogP contribution >= 0.6 is 15.9 Å². The number of halogens is 1. The second-order valence-corrected chi connectivity index (χ2v) is 8.69. The van der Waals surface area contributed by atoms with Gasteiger partial charge in [-0.3, -0.25) is 4.21 Å². The zero-order valence-electron chi connectivity index (χ0n) is 11.7. The van der Waals surface area contributed by atoms with Crippen LogP contribution in [-0.4, -0.2) is 41.8 Å². The lowest BCUT2D eigenvalue weighted by Gasteiger charge is -2.14. The number of carboxylic acids is 1. The van der Waals surface area contributed by atoms with E-state index < -0.39 is 32.8 Å². The molecule has 0 bridgehead atoms. The maximum Gasteiger partial charge on any atom is 0.336 e. The molecular weight excluding hydrogens is 382 g/mol. The average molecular weight is 398 g/mol. The first-order chi connectivity index (χ1) is 9.54. The van der Waals surface area contributed by atoms with Crippen LogP contribution in [0.3, 0.4) is 0 Å². The van der Waals surface area contributed by atoms with E-state index in [1.54, 1.807) is 13.8 Å². The molecule has 0 radical (unpaired) electrons. The van der Waals surface area contributed by atoms with Gasteiger partial charge in [0.15, 0.2) is 0 Å². The summed E-state index contributed by atoms with van der Waals surface area (Å²) >= 11 is 3.16. The summed E-state index contributed by atoms with van der Waals surface area (Å²) in [5, 5.41) is 9.10. The lowest BCUT2D eigenvalue weighted by molar-refractivity contribution is 0.0695. The molecule has 0 amide bonds. The highest BCUT2D eigenvalue weighted by Crippen LogP contribution is 2.25. The summed E-state index contributed by atoms with van der Waals surface area (Å²) in [6, 6.07) is 1.94. The van der Waals surface area contributed by atoms with Gasteiger partial charge in [-0.15, -0.1) is 0 Å². The number of rotatable bonds is 6. The smallest absolute Gasteiger partial charge is 0.336 e. The Morgan fingerprint density at radius 3 is 2.52 bits per heavy atom. The molecule has 0 fully saturated rings. The maximum absolute atomic E-state index is 12.2. The normalized spacial score (nSPS) is 14.7. The quantitative estimate of drug-likeness (QED) is 0.757. The van der Waals surface area contributed by atoms with Crippen molar-refractivity contribution in [3.8, 4) is 0 Å². The lowest BCUT2D eigenvalue weighted by atomic mass is 10.1. The van der Waals surface area contributed by atoms with Gasteiger partial charge in [-0.25, -0.2) is 17.9 Å². The second-order valence-electron chi connectivity index (χ2n) is 4.65. The zero-order chi connectivity index (χ0) is 16.4. The molecule has 0 saturated heterocycles. The molecule has 0 aliphatic heterocycles. The molecule has 0 aliphatic carbocycles. The van der Waals surface area contributed by atoms with Crippen molar-refractivity contribution >= 4 is 42.7 Å². The van der Waals surface area contributed by atoms with Crippen LogP contribution in [0.1, 0.15) is 22.8 Å². The van der Waals surface area contributed by atoms with Crippen LogP contribution in [0.25, 0.3) is 0 Å². The number of carboxylic acid groups (broad SMARTS) is 1. The van der Waals surface area contributed by atoms with Gasteiger partial charge in [-0.05, 0) is 31.5 Å². The van der Waals surface area contributed by atoms with Gasteiger partial charge in [0.2, 0.25) is 10.0 Å². The van der Waals surface area contributed by atoms with E-state index in [-0.39, 0.29) is 16.2 Å². The van der Waals surface area contributed by atoms with Crippen molar-refractivity contribution in [1.29, 1.82) is 0 Å². The molecule has 0 heterocycles. The van der Waals surface area contributed by atoms with Gasteiger partial charge in [-0.1, -0.05) is 15.9 Å². The number of aromatic carboxylic acids is 1. The molecule has 0 spiro atoms. The van der Waals surface area contributed by atoms with Crippen LogP contribution in [0.2, 0.25) is 0 Å². The molecule has 2 N–H and O–H groups in total. The van der Waals surface area contributed by atoms with E-state index in [0.717, 1.165) is 6.07 Å². The fraction of sp³-hybridized carbons (Fsp3) is 0.417. The minimum atomic E-state index is -3.88. The molecule has 1 rings (SSSR count). The SMILES string of the molecule is Cc1c(Br)cc(S(=O)(=O)NC(C)CS(C)=O)cc1C(=O)O. The van der Waals surface area contributed by atoms with E-state index in [1.807, 2.05) is 0 Å². The van der Waals surface area contributed by atoms with E-state index in [1.165, 1.54) is 12.3 Å². The molecule has 0 saturated carbocycles. The Labute approximate surface area is 134 Å². The predicted octanol–water partition coefficient (Wildman–Crippen LogP) is 1.50. The van der Waals surface area contributed by atoms with Crippen molar-refractivity contribution in [2.45, 2.75) is 24.8 Å². The third-order valence-electron chi connectivity index (χ3n) is 2.70. The first-order valence-electron chi connectivity index (χ1n) is 5.90. The largest absolute Gasteiger partial charge is 0.478 e. The van der Waals surface area contributed by atoms with E-state index in [4.69, 9.17) is 5.11 Å². The Kier molecular flexibility index (Phi) is 6.09. The number of nitrogens with one attached hydrogen (secondary N) is 1. The van der Waals surface area contributed by atoms with Crippen LogP contribution in [0, 0.1) is 6.92 Å². The maximum atomic E-state index is 12.2. The summed E-state index contributed by atoms with van der Waals surface area (Å²) in [6.45, 7) is 3.18. The molecule has 2 atom stereocenters. The molecule has 118 valence electrons. The third kappa shape index (κ3) is 4.87. The van der Waals surface area contributed by atoms with Crippen molar-refractivity contribution in [2.24, 2.45) is 0 Å². The standard InChI is InChI=1S/C12H16BrNO5S2/c1-7(6-20(3)17)14-21(18,19)9-4-10(12(15)16)8(2)11(13)5-9/h4-5,7,14H,6H2,1-3H3,(H,15,16). The van der Waals surface area contributed by atoms with Crippen LogP contribution in [0.15, 0.2) is 21.5 Å². The summed E-state index contributed by atoms with van der Waals surface area (Å²) < 4.78 is 38.4. The second kappa shape index (κ2) is 6.99. The third-order valence-corrected chi connectivity index (χ3v) is 6.06. The Morgan fingerprint density at radius 1 is 1.48 bits per heavy atom. The van der Waals surface area contributed by atoms with Gasteiger partial charge in [0.05, 0.1) is 10.5 Å². The van der Waals surface area contributed by atoms with Gasteiger partial charge in [-0.2, -0.15) is 0 Å². The van der Waals surface area contributed by atoms with Crippen LogP contribution < -0.4 is 4.72 Å². The van der Waals surface area contributed by atoms with Crippen molar-refractivity contribution < 1.29 is 22.5 Å². The van der Waals surface area contributed by atoms with Gasteiger partial charge in [0.25, 0.3) is 0 Å². The molecule has 9 heteroatoms. The zero-order valence-corrected chi connectivity index (χ0v) is 14.9. The van der Waals surface area contributed by atoms with Crippen LogP contribution in [0.4, 0.5) is 0 Å². The molecule has 0 aliphatic rings. The summed E-state index contributed by atoms with van der Waals surface area (Å²) in [7, 11) is -5.02. The number of hydrogen-bond donors (Lipinski definition) is 2. The lowest BCUT2D eigenvalue weighted by Crippen LogP contribution is -2.36. The van der Waals surface area contributed by atoms with Gasteiger partial charge in [0, 0.05) is 33.3 Å². The monoisotopic (exact) mass is 397 g/mol. The van der Waals surface area contributed by atoms with Gasteiger partial charge in [0.1, 0.15) is 0 Å². The number of carbonyl (C=O) groups is 1. The summed E-state index contributed by atoms with van der Waals surface area (Å²) in [5.41, 5.74) is 0.362. The highest BCUT2D eigenvalue weighted by Gasteiger charge is 2.22. The van der Waals surface area contributed by atoms with Gasteiger partial charge >= 0.3 is 5.97 Å². The highest BCUT2D eigenvalue weighted by atomic mass is 79.9. The van der Waals surface area contributed by atoms with Crippen LogP contribution in [0.5, 0.6) is 0 Å². The first kappa shape index (κ1) is 18.3. The molecule has 6 nitrogen and oxygen atoms in total. The van der Waals surface area contributed by atoms with Crippen molar-refractivity contribution in [3.05, 3.63) is 27.7 Å².